The lowest BCUT2D eigenvalue weighted by Gasteiger charge is -2.40. The molecule has 190 valence electrons. The maximum absolute atomic E-state index is 14.0. The number of anilines is 1. The molecular weight excluding hydrogens is 464 g/mol. The Kier molecular flexibility index (Phi) is 7.23. The first-order chi connectivity index (χ1) is 18.0. The lowest BCUT2D eigenvalue weighted by atomic mass is 9.96. The predicted octanol–water partition coefficient (Wildman–Crippen LogP) is 4.23. The highest BCUT2D eigenvalue weighted by atomic mass is 16.5. The first-order valence-corrected chi connectivity index (χ1v) is 12.6. The molecule has 0 saturated carbocycles. The monoisotopic (exact) mass is 496 g/mol. The normalized spacial score (nSPS) is 14.9. The predicted molar refractivity (Wildman–Crippen MR) is 146 cm³/mol. The number of hydrogen-bond donors (Lipinski definition) is 1. The van der Waals surface area contributed by atoms with E-state index in [1.54, 1.807) is 17.7 Å². The van der Waals surface area contributed by atoms with Gasteiger partial charge in [-0.2, -0.15) is 0 Å². The molecule has 2 aromatic heterocycles. The Balaban J connectivity index is 1.50. The van der Waals surface area contributed by atoms with Crippen LogP contribution in [-0.2, 0) is 6.54 Å². The van der Waals surface area contributed by atoms with E-state index in [9.17, 15) is 9.90 Å². The molecule has 0 unspecified atom stereocenters. The molecule has 1 fully saturated rings. The van der Waals surface area contributed by atoms with Gasteiger partial charge in [-0.25, -0.2) is 4.98 Å². The number of aromatic nitrogens is 2. The number of ether oxygens (including phenoxy) is 1. The van der Waals surface area contributed by atoms with Crippen LogP contribution in [0.2, 0.25) is 0 Å². The van der Waals surface area contributed by atoms with E-state index in [0.29, 0.717) is 17.8 Å². The summed E-state index contributed by atoms with van der Waals surface area (Å²) in [5.74, 6) is 1.76. The van der Waals surface area contributed by atoms with E-state index in [4.69, 9.17) is 4.74 Å². The largest absolute Gasteiger partial charge is 0.507 e. The first kappa shape index (κ1) is 24.6. The zero-order valence-electron chi connectivity index (χ0n) is 21.2. The third-order valence-corrected chi connectivity index (χ3v) is 7.06. The fraction of sp³-hybridized carbons (Fsp3) is 0.267. The third kappa shape index (κ3) is 5.22. The minimum absolute atomic E-state index is 0.0366. The lowest BCUT2D eigenvalue weighted by Crippen LogP contribution is -2.49. The Bertz CT molecular complexity index is 1380. The molecule has 7 heteroatoms. The Labute approximate surface area is 217 Å². The van der Waals surface area contributed by atoms with Gasteiger partial charge in [0.05, 0.1) is 25.3 Å². The zero-order chi connectivity index (χ0) is 25.8. The molecule has 1 N–H and O–H groups in total. The lowest BCUT2D eigenvalue weighted by molar-refractivity contribution is 0.207. The van der Waals surface area contributed by atoms with Gasteiger partial charge in [-0.3, -0.25) is 9.69 Å². The Morgan fingerprint density at radius 3 is 2.30 bits per heavy atom. The standard InChI is InChI=1S/C30H32N4O3/c1-22-20-26(35)28(30(36)34(22)21-23-11-13-25(37-2)14-12-23)29(24-8-4-3-5-9-24)33-18-16-32(17-19-33)27-10-6-7-15-31-27/h3-15,20,29,35H,16-19,21H2,1-2H3/t29-/m1/s1. The fourth-order valence-corrected chi connectivity index (χ4v) is 5.08. The van der Waals surface area contributed by atoms with Gasteiger partial charge in [0.1, 0.15) is 17.3 Å². The average molecular weight is 497 g/mol. The van der Waals surface area contributed by atoms with Crippen LogP contribution in [0.5, 0.6) is 11.5 Å². The van der Waals surface area contributed by atoms with Crippen molar-refractivity contribution in [3.8, 4) is 11.5 Å². The number of nitrogens with zero attached hydrogens (tertiary/aromatic N) is 4. The van der Waals surface area contributed by atoms with E-state index < -0.39 is 0 Å². The molecule has 1 aliphatic heterocycles. The Hall–Kier alpha value is -4.10. The summed E-state index contributed by atoms with van der Waals surface area (Å²) in [6, 6.07) is 25.0. The maximum Gasteiger partial charge on any atom is 0.259 e. The molecule has 0 bridgehead atoms. The Morgan fingerprint density at radius 1 is 0.946 bits per heavy atom. The summed E-state index contributed by atoms with van der Waals surface area (Å²) < 4.78 is 7.02. The number of rotatable bonds is 7. The van der Waals surface area contributed by atoms with E-state index in [2.05, 4.69) is 14.8 Å². The summed E-state index contributed by atoms with van der Waals surface area (Å²) >= 11 is 0. The van der Waals surface area contributed by atoms with Crippen LogP contribution in [0.3, 0.4) is 0 Å². The first-order valence-electron chi connectivity index (χ1n) is 12.6. The molecular formula is C30H32N4O3. The highest BCUT2D eigenvalue weighted by Crippen LogP contribution is 2.33. The molecule has 1 saturated heterocycles. The van der Waals surface area contributed by atoms with Crippen LogP contribution >= 0.6 is 0 Å². The van der Waals surface area contributed by atoms with Crippen molar-refractivity contribution in [2.75, 3.05) is 38.2 Å². The molecule has 0 amide bonds. The summed E-state index contributed by atoms with van der Waals surface area (Å²) in [7, 11) is 1.63. The van der Waals surface area contributed by atoms with Gasteiger partial charge in [-0.05, 0) is 48.4 Å². The van der Waals surface area contributed by atoms with Crippen LogP contribution in [0.1, 0.15) is 28.4 Å². The molecule has 5 rings (SSSR count). The second-order valence-electron chi connectivity index (χ2n) is 9.35. The van der Waals surface area contributed by atoms with E-state index in [-0.39, 0.29) is 17.4 Å². The van der Waals surface area contributed by atoms with Crippen LogP contribution in [0.25, 0.3) is 0 Å². The van der Waals surface area contributed by atoms with Gasteiger partial charge in [-0.15, -0.1) is 0 Å². The van der Waals surface area contributed by atoms with Gasteiger partial charge >= 0.3 is 0 Å². The quantitative estimate of drug-likeness (QED) is 0.413. The molecule has 3 heterocycles. The number of piperazine rings is 1. The van der Waals surface area contributed by atoms with Gasteiger partial charge in [-0.1, -0.05) is 48.5 Å². The van der Waals surface area contributed by atoms with Crippen molar-refractivity contribution in [1.82, 2.24) is 14.5 Å². The molecule has 4 aromatic rings. The molecule has 2 aromatic carbocycles. The highest BCUT2D eigenvalue weighted by molar-refractivity contribution is 5.43. The smallest absolute Gasteiger partial charge is 0.259 e. The Morgan fingerprint density at radius 2 is 1.65 bits per heavy atom. The molecule has 0 aliphatic carbocycles. The SMILES string of the molecule is COc1ccc(Cn2c(C)cc(O)c([C@@H](c3ccccc3)N3CCN(c4ccccn4)CC3)c2=O)cc1. The van der Waals surface area contributed by atoms with Gasteiger partial charge < -0.3 is 19.3 Å². The van der Waals surface area contributed by atoms with Crippen molar-refractivity contribution < 1.29 is 9.84 Å². The molecule has 1 atom stereocenters. The average Bonchev–Trinajstić information content (AvgIpc) is 2.95. The van der Waals surface area contributed by atoms with Crippen LogP contribution < -0.4 is 15.2 Å². The number of methoxy groups -OCH3 is 1. The third-order valence-electron chi connectivity index (χ3n) is 7.06. The summed E-state index contributed by atoms with van der Waals surface area (Å²) in [6.45, 7) is 5.32. The summed E-state index contributed by atoms with van der Waals surface area (Å²) in [5, 5.41) is 11.1. The second-order valence-corrected chi connectivity index (χ2v) is 9.35. The van der Waals surface area contributed by atoms with E-state index in [1.807, 2.05) is 85.9 Å². The van der Waals surface area contributed by atoms with Crippen molar-refractivity contribution >= 4 is 5.82 Å². The van der Waals surface area contributed by atoms with Crippen LogP contribution in [0, 0.1) is 6.92 Å². The number of pyridine rings is 2. The molecule has 7 nitrogen and oxygen atoms in total. The number of hydrogen-bond acceptors (Lipinski definition) is 6. The van der Waals surface area contributed by atoms with Crippen molar-refractivity contribution in [2.24, 2.45) is 0 Å². The van der Waals surface area contributed by atoms with E-state index >= 15 is 0 Å². The topological polar surface area (TPSA) is 70.8 Å². The highest BCUT2D eigenvalue weighted by Gasteiger charge is 2.31. The van der Waals surface area contributed by atoms with Crippen LogP contribution in [0.15, 0.2) is 89.9 Å². The van der Waals surface area contributed by atoms with Crippen LogP contribution in [0.4, 0.5) is 5.82 Å². The molecule has 1 aliphatic rings. The van der Waals surface area contributed by atoms with Gasteiger partial charge in [0.2, 0.25) is 0 Å². The fourth-order valence-electron chi connectivity index (χ4n) is 5.08. The van der Waals surface area contributed by atoms with Crippen LogP contribution in [-0.4, -0.2) is 52.8 Å². The number of aromatic hydroxyl groups is 1. The maximum atomic E-state index is 14.0. The van der Waals surface area contributed by atoms with Crippen molar-refractivity contribution in [3.63, 3.8) is 0 Å². The van der Waals surface area contributed by atoms with E-state index in [1.165, 1.54) is 0 Å². The van der Waals surface area contributed by atoms with Crippen molar-refractivity contribution in [2.45, 2.75) is 19.5 Å². The molecule has 37 heavy (non-hydrogen) atoms. The van der Waals surface area contributed by atoms with E-state index in [0.717, 1.165) is 48.9 Å². The molecule has 0 spiro atoms. The van der Waals surface area contributed by atoms with Gasteiger partial charge in [0.15, 0.2) is 0 Å². The van der Waals surface area contributed by atoms with Crippen molar-refractivity contribution in [1.29, 1.82) is 0 Å². The number of benzene rings is 2. The summed E-state index contributed by atoms with van der Waals surface area (Å²) in [6.07, 6.45) is 1.81. The molecule has 0 radical (unpaired) electrons. The van der Waals surface area contributed by atoms with Gasteiger partial charge in [0.25, 0.3) is 5.56 Å². The van der Waals surface area contributed by atoms with Gasteiger partial charge in [0, 0.05) is 38.1 Å². The van der Waals surface area contributed by atoms with Crippen molar-refractivity contribution in [3.05, 3.63) is 118 Å². The zero-order valence-corrected chi connectivity index (χ0v) is 21.2. The minimum atomic E-state index is -0.359. The minimum Gasteiger partial charge on any atom is -0.507 e. The summed E-state index contributed by atoms with van der Waals surface area (Å²) in [5.41, 5.74) is 2.93. The number of aryl methyl sites for hydroxylation is 1. The summed E-state index contributed by atoms with van der Waals surface area (Å²) in [4.78, 5) is 23.1. The second kappa shape index (κ2) is 10.9.